The Kier molecular flexibility index (Phi) is 8.22. The Bertz CT molecular complexity index is 3890. The molecule has 0 aliphatic rings. The van der Waals surface area contributed by atoms with Crippen LogP contribution in [0.25, 0.3) is 132 Å². The topological polar surface area (TPSA) is 38.7 Å². The largest absolute Gasteiger partial charge is 0.252 e. The van der Waals surface area contributed by atoms with Crippen molar-refractivity contribution in [2.45, 2.75) is 0 Å². The molecular formula is C61H37N3. The van der Waals surface area contributed by atoms with Gasteiger partial charge in [-0.05, 0) is 113 Å². The number of benzene rings is 11. The molecule has 3 heteroatoms. The maximum Gasteiger partial charge on any atom is 0.0979 e. The molecule has 13 rings (SSSR count). The Labute approximate surface area is 369 Å². The molecule has 296 valence electrons. The summed E-state index contributed by atoms with van der Waals surface area (Å²) in [5, 5.41) is 14.1. The third kappa shape index (κ3) is 5.86. The van der Waals surface area contributed by atoms with E-state index in [4.69, 9.17) is 15.0 Å². The molecule has 13 aromatic rings. The van der Waals surface area contributed by atoms with Crippen molar-refractivity contribution in [2.75, 3.05) is 0 Å². The van der Waals surface area contributed by atoms with E-state index >= 15 is 0 Å². The molecular weight excluding hydrogens is 775 g/mol. The normalized spacial score (nSPS) is 11.8. The lowest BCUT2D eigenvalue weighted by molar-refractivity contribution is 1.30. The van der Waals surface area contributed by atoms with Crippen LogP contribution in [0.4, 0.5) is 0 Å². The summed E-state index contributed by atoms with van der Waals surface area (Å²) in [6.45, 7) is 0. The third-order valence-electron chi connectivity index (χ3n) is 13.0. The first kappa shape index (κ1) is 36.2. The molecule has 0 aliphatic heterocycles. The summed E-state index contributed by atoms with van der Waals surface area (Å²) in [5.41, 5.74) is 12.0. The van der Waals surface area contributed by atoms with E-state index in [2.05, 4.69) is 218 Å². The van der Waals surface area contributed by atoms with Gasteiger partial charge in [0.15, 0.2) is 0 Å². The van der Waals surface area contributed by atoms with Gasteiger partial charge in [0.2, 0.25) is 0 Å². The van der Waals surface area contributed by atoms with Gasteiger partial charge >= 0.3 is 0 Å². The van der Waals surface area contributed by atoms with Crippen LogP contribution in [0.2, 0.25) is 0 Å². The molecule has 0 atom stereocenters. The van der Waals surface area contributed by atoms with Crippen LogP contribution in [-0.4, -0.2) is 15.0 Å². The first-order chi connectivity index (χ1) is 31.7. The zero-order valence-electron chi connectivity index (χ0n) is 34.7. The number of pyridine rings is 1. The summed E-state index contributed by atoms with van der Waals surface area (Å²) in [4.78, 5) is 16.3. The van der Waals surface area contributed by atoms with Crippen LogP contribution in [0.15, 0.2) is 225 Å². The van der Waals surface area contributed by atoms with Gasteiger partial charge < -0.3 is 0 Å². The summed E-state index contributed by atoms with van der Waals surface area (Å²) in [5.74, 6) is 0. The molecule has 0 aliphatic carbocycles. The van der Waals surface area contributed by atoms with Crippen LogP contribution in [-0.2, 0) is 0 Å². The van der Waals surface area contributed by atoms with E-state index in [1.807, 2.05) is 6.20 Å². The molecule has 64 heavy (non-hydrogen) atoms. The number of aromatic nitrogens is 3. The Morgan fingerprint density at radius 1 is 0.234 bits per heavy atom. The lowest BCUT2D eigenvalue weighted by Gasteiger charge is -2.17. The number of hydrogen-bond donors (Lipinski definition) is 0. The van der Waals surface area contributed by atoms with Crippen molar-refractivity contribution in [1.29, 1.82) is 0 Å². The fourth-order valence-corrected chi connectivity index (χ4v) is 10.0. The first-order valence-corrected chi connectivity index (χ1v) is 21.8. The van der Waals surface area contributed by atoms with Gasteiger partial charge in [-0.15, -0.1) is 0 Å². The fourth-order valence-electron chi connectivity index (χ4n) is 10.0. The van der Waals surface area contributed by atoms with Gasteiger partial charge in [-0.2, -0.15) is 0 Å². The van der Waals surface area contributed by atoms with Crippen molar-refractivity contribution in [3.63, 3.8) is 0 Å². The molecule has 0 bridgehead atoms. The van der Waals surface area contributed by atoms with Crippen LogP contribution in [0.3, 0.4) is 0 Å². The van der Waals surface area contributed by atoms with Gasteiger partial charge in [-0.25, -0.2) is 9.97 Å². The molecule has 0 saturated heterocycles. The maximum atomic E-state index is 5.60. The highest BCUT2D eigenvalue weighted by Crippen LogP contribution is 2.42. The minimum Gasteiger partial charge on any atom is -0.252 e. The Hall–Kier alpha value is -8.53. The Morgan fingerprint density at radius 2 is 0.688 bits per heavy atom. The predicted octanol–water partition coefficient (Wildman–Crippen LogP) is 16.3. The number of rotatable bonds is 5. The molecule has 0 saturated carbocycles. The first-order valence-electron chi connectivity index (χ1n) is 21.8. The van der Waals surface area contributed by atoms with Crippen LogP contribution in [0, 0.1) is 0 Å². The second kappa shape index (κ2) is 14.5. The van der Waals surface area contributed by atoms with Crippen molar-refractivity contribution < 1.29 is 0 Å². The highest BCUT2D eigenvalue weighted by Gasteiger charge is 2.18. The van der Waals surface area contributed by atoms with E-state index in [1.165, 1.54) is 59.4 Å². The molecule has 3 nitrogen and oxygen atoms in total. The molecule has 11 aromatic carbocycles. The molecule has 0 unspecified atom stereocenters. The molecule has 0 fully saturated rings. The Morgan fingerprint density at radius 3 is 1.38 bits per heavy atom. The van der Waals surface area contributed by atoms with E-state index in [0.29, 0.717) is 0 Å². The zero-order chi connectivity index (χ0) is 42.1. The standard InChI is InChI=1S/C61H37N3/c1-4-20-45-38(15-1)18-13-29-48(45)42-35-57(63-58(36-42)53-30-14-19-39-16-2-5-21-46(39)53)43-31-41(56-34-40-17-3-6-22-47(40)49-23-7-8-26-52(49)56)32-44(33-43)59-37-62-60-54-27-11-9-24-50(54)51-25-10-12-28-55(51)61(60)64-59/h1-37H. The van der Waals surface area contributed by atoms with E-state index in [-0.39, 0.29) is 0 Å². The smallest absolute Gasteiger partial charge is 0.0979 e. The monoisotopic (exact) mass is 811 g/mol. The summed E-state index contributed by atoms with van der Waals surface area (Å²) in [7, 11) is 0. The number of nitrogens with zero attached hydrogens (tertiary/aromatic N) is 3. The molecule has 2 aromatic heterocycles. The molecule has 0 radical (unpaired) electrons. The van der Waals surface area contributed by atoms with Gasteiger partial charge in [0.05, 0.1) is 34.3 Å². The number of hydrogen-bond acceptors (Lipinski definition) is 3. The van der Waals surface area contributed by atoms with Gasteiger partial charge in [-0.3, -0.25) is 4.98 Å². The maximum absolute atomic E-state index is 5.60. The van der Waals surface area contributed by atoms with Crippen LogP contribution >= 0.6 is 0 Å². The second-order valence-corrected chi connectivity index (χ2v) is 16.7. The van der Waals surface area contributed by atoms with Gasteiger partial charge in [0.25, 0.3) is 0 Å². The highest BCUT2D eigenvalue weighted by molar-refractivity contribution is 6.23. The average Bonchev–Trinajstić information content (AvgIpc) is 3.37. The predicted molar refractivity (Wildman–Crippen MR) is 270 cm³/mol. The van der Waals surface area contributed by atoms with Gasteiger partial charge in [0.1, 0.15) is 0 Å². The fraction of sp³-hybridized carbons (Fsp3) is 0. The molecule has 0 amide bonds. The minimum atomic E-state index is 0.806. The molecule has 2 heterocycles. The van der Waals surface area contributed by atoms with Crippen molar-refractivity contribution >= 4 is 75.7 Å². The highest BCUT2D eigenvalue weighted by atomic mass is 14.8. The van der Waals surface area contributed by atoms with E-state index < -0.39 is 0 Å². The number of fused-ring (bicyclic) bond motifs is 11. The third-order valence-corrected chi connectivity index (χ3v) is 13.0. The minimum absolute atomic E-state index is 0.806. The van der Waals surface area contributed by atoms with Gasteiger partial charge in [0, 0.05) is 27.5 Å². The Balaban J connectivity index is 1.11. The molecule has 0 N–H and O–H groups in total. The van der Waals surface area contributed by atoms with Crippen molar-refractivity contribution in [3.05, 3.63) is 225 Å². The van der Waals surface area contributed by atoms with Gasteiger partial charge in [-0.1, -0.05) is 182 Å². The van der Waals surface area contributed by atoms with E-state index in [9.17, 15) is 0 Å². The average molecular weight is 812 g/mol. The lowest BCUT2D eigenvalue weighted by Crippen LogP contribution is -1.96. The SMILES string of the molecule is c1ccc2c(-c3cc(-c4cc(-c5cnc6c7ccccc7c7ccccc7c6n5)cc(-c5cc6ccccc6c6ccccc56)c4)nc(-c4cccc5ccccc45)c3)cccc2c1. The van der Waals surface area contributed by atoms with Crippen LogP contribution < -0.4 is 0 Å². The zero-order valence-corrected chi connectivity index (χ0v) is 34.7. The molecule has 0 spiro atoms. The second-order valence-electron chi connectivity index (χ2n) is 16.7. The van der Waals surface area contributed by atoms with Crippen molar-refractivity contribution in [1.82, 2.24) is 15.0 Å². The summed E-state index contributed by atoms with van der Waals surface area (Å²) < 4.78 is 0. The summed E-state index contributed by atoms with van der Waals surface area (Å²) in [6.07, 6.45) is 1.95. The lowest BCUT2D eigenvalue weighted by atomic mass is 9.90. The van der Waals surface area contributed by atoms with Crippen LogP contribution in [0.5, 0.6) is 0 Å². The summed E-state index contributed by atoms with van der Waals surface area (Å²) in [6, 6.07) is 78.6. The quantitative estimate of drug-likeness (QED) is 0.163. The van der Waals surface area contributed by atoms with E-state index in [1.54, 1.807) is 0 Å². The van der Waals surface area contributed by atoms with Crippen molar-refractivity contribution in [3.8, 4) is 56.0 Å². The van der Waals surface area contributed by atoms with E-state index in [0.717, 1.165) is 72.3 Å². The summed E-state index contributed by atoms with van der Waals surface area (Å²) >= 11 is 0. The van der Waals surface area contributed by atoms with Crippen molar-refractivity contribution in [2.24, 2.45) is 0 Å². The van der Waals surface area contributed by atoms with Crippen LogP contribution in [0.1, 0.15) is 0 Å².